The molecule has 11 heteroatoms. The van der Waals surface area contributed by atoms with E-state index in [9.17, 15) is 34.8 Å². The Bertz CT molecular complexity index is 1200. The molecule has 0 aromatic heterocycles. The van der Waals surface area contributed by atoms with E-state index in [4.69, 9.17) is 15.2 Å². The summed E-state index contributed by atoms with van der Waals surface area (Å²) in [6.45, 7) is 5.19. The Morgan fingerprint density at radius 2 is 1.69 bits per heavy atom. The molecule has 48 heavy (non-hydrogen) atoms. The molecule has 2 amide bonds. The molecule has 4 saturated carbocycles. The average Bonchev–Trinajstić information content (AvgIpc) is 3.39. The number of Topliss-reactive ketones (excluding diaryl/α,β-unsaturated/α-hetero) is 1. The zero-order valence-corrected chi connectivity index (χ0v) is 29.1. The first-order valence-electron chi connectivity index (χ1n) is 18.4. The second kappa shape index (κ2) is 15.6. The highest BCUT2D eigenvalue weighted by molar-refractivity contribution is 5.79. The molecule has 5 rings (SSSR count). The molecule has 0 spiro atoms. The van der Waals surface area contributed by atoms with Crippen molar-refractivity contribution < 1.29 is 44.3 Å². The minimum absolute atomic E-state index is 0.00541. The van der Waals surface area contributed by atoms with E-state index >= 15 is 0 Å². The molecule has 0 bridgehead atoms. The number of amides is 2. The van der Waals surface area contributed by atoms with Crippen molar-refractivity contribution in [1.82, 2.24) is 5.32 Å². The first-order chi connectivity index (χ1) is 22.8. The minimum atomic E-state index is -1.18. The van der Waals surface area contributed by atoms with Crippen molar-refractivity contribution in [3.05, 3.63) is 11.6 Å². The SMILES string of the molecule is COC1CCC(NC(=O)CCC(O)C(O)CCC(=O)CCO[C@H]2CCC3C4CC=C5C[C@@H](O)CC[C@]5(C)C4CC[C@@]32C)C(O)C1C(N)=O. The van der Waals surface area contributed by atoms with Crippen LogP contribution in [-0.2, 0) is 23.9 Å². The lowest BCUT2D eigenvalue weighted by molar-refractivity contribution is -0.140. The number of allylic oxidation sites excluding steroid dienone is 1. The number of ether oxygens (including phenoxy) is 2. The quantitative estimate of drug-likeness (QED) is 0.150. The lowest BCUT2D eigenvalue weighted by Gasteiger charge is -2.57. The Balaban J connectivity index is 0.998. The largest absolute Gasteiger partial charge is 0.393 e. The van der Waals surface area contributed by atoms with Crippen molar-refractivity contribution in [2.45, 2.75) is 153 Å². The third-order valence-corrected chi connectivity index (χ3v) is 13.4. The van der Waals surface area contributed by atoms with Crippen molar-refractivity contribution in [3.63, 3.8) is 0 Å². The van der Waals surface area contributed by atoms with Crippen LogP contribution in [0.25, 0.3) is 0 Å². The molecule has 11 nitrogen and oxygen atoms in total. The summed E-state index contributed by atoms with van der Waals surface area (Å²) >= 11 is 0. The summed E-state index contributed by atoms with van der Waals surface area (Å²) in [6.07, 6.45) is 8.05. The summed E-state index contributed by atoms with van der Waals surface area (Å²) in [5, 5.41) is 44.5. The van der Waals surface area contributed by atoms with Crippen LogP contribution in [0.15, 0.2) is 11.6 Å². The van der Waals surface area contributed by atoms with Gasteiger partial charge < -0.3 is 41.0 Å². The molecular weight excluding hydrogens is 616 g/mol. The molecule has 5 aliphatic carbocycles. The summed E-state index contributed by atoms with van der Waals surface area (Å²) in [5.74, 6) is -0.124. The maximum absolute atomic E-state index is 12.7. The number of ketones is 1. The van der Waals surface area contributed by atoms with E-state index in [2.05, 4.69) is 25.2 Å². The van der Waals surface area contributed by atoms with Gasteiger partial charge in [0.25, 0.3) is 0 Å². The maximum atomic E-state index is 12.7. The van der Waals surface area contributed by atoms with Gasteiger partial charge in [-0.15, -0.1) is 0 Å². The smallest absolute Gasteiger partial charge is 0.225 e. The topological polar surface area (TPSA) is 189 Å². The van der Waals surface area contributed by atoms with Crippen LogP contribution in [0.1, 0.15) is 110 Å². The second-order valence-corrected chi connectivity index (χ2v) is 16.1. The number of hydrogen-bond acceptors (Lipinski definition) is 9. The minimum Gasteiger partial charge on any atom is -0.393 e. The number of aliphatic hydroxyl groups excluding tert-OH is 4. The average molecular weight is 677 g/mol. The van der Waals surface area contributed by atoms with Crippen LogP contribution >= 0.6 is 0 Å². The molecule has 0 heterocycles. The molecule has 272 valence electrons. The van der Waals surface area contributed by atoms with E-state index in [1.807, 2.05) is 0 Å². The Labute approximate surface area is 285 Å². The molecule has 13 atom stereocenters. The number of carbonyl (C=O) groups excluding carboxylic acids is 3. The first-order valence-corrected chi connectivity index (χ1v) is 18.4. The molecular formula is C37H60N2O9. The Hall–Kier alpha value is -1.89. The molecule has 5 aliphatic rings. The summed E-state index contributed by atoms with van der Waals surface area (Å²) in [7, 11) is 1.45. The molecule has 0 saturated heterocycles. The van der Waals surface area contributed by atoms with Crippen LogP contribution < -0.4 is 11.1 Å². The Morgan fingerprint density at radius 1 is 0.958 bits per heavy atom. The molecule has 0 radical (unpaired) electrons. The fourth-order valence-electron chi connectivity index (χ4n) is 10.5. The van der Waals surface area contributed by atoms with E-state index in [0.717, 1.165) is 44.9 Å². The Morgan fingerprint density at radius 3 is 2.40 bits per heavy atom. The van der Waals surface area contributed by atoms with Gasteiger partial charge in [0.2, 0.25) is 11.8 Å². The van der Waals surface area contributed by atoms with Gasteiger partial charge in [0, 0.05) is 26.4 Å². The van der Waals surface area contributed by atoms with Gasteiger partial charge in [-0.05, 0) is 106 Å². The van der Waals surface area contributed by atoms with Gasteiger partial charge in [-0.2, -0.15) is 0 Å². The number of fused-ring (bicyclic) bond motifs is 5. The predicted molar refractivity (Wildman–Crippen MR) is 178 cm³/mol. The van der Waals surface area contributed by atoms with E-state index in [1.165, 1.54) is 19.1 Å². The fraction of sp³-hybridized carbons (Fsp3) is 0.865. The standard InChI is InChI=1S/C37H60N2O9/c1-36-17-14-23(41)20-21(36)4-6-24-25-7-12-31(37(25,2)18-15-26(24)36)48-19-16-22(40)5-9-28(42)29(43)10-13-32(44)39-27-8-11-30(47-3)33(34(27)45)35(38)46/h4,23-31,33-34,41-43,45H,5-20H2,1-3H3,(H2,38,46)(H,39,44)/t23-,24?,25?,26?,27?,28?,29?,30?,31-,33?,34?,36-,37-/m0/s1. The summed E-state index contributed by atoms with van der Waals surface area (Å²) < 4.78 is 11.7. The highest BCUT2D eigenvalue weighted by atomic mass is 16.5. The van der Waals surface area contributed by atoms with E-state index < -0.39 is 48.2 Å². The van der Waals surface area contributed by atoms with Gasteiger partial charge in [-0.3, -0.25) is 14.4 Å². The first kappa shape index (κ1) is 37.4. The van der Waals surface area contributed by atoms with Crippen LogP contribution in [0.3, 0.4) is 0 Å². The Kier molecular flexibility index (Phi) is 12.1. The van der Waals surface area contributed by atoms with E-state index in [-0.39, 0.29) is 60.9 Å². The molecule has 9 unspecified atom stereocenters. The third kappa shape index (κ3) is 7.71. The lowest BCUT2D eigenvalue weighted by Crippen LogP contribution is -2.57. The summed E-state index contributed by atoms with van der Waals surface area (Å²) in [5.41, 5.74) is 7.24. The van der Waals surface area contributed by atoms with Crippen LogP contribution in [0.4, 0.5) is 0 Å². The van der Waals surface area contributed by atoms with E-state index in [0.29, 0.717) is 37.2 Å². The zero-order valence-electron chi connectivity index (χ0n) is 29.1. The molecule has 0 aromatic rings. The van der Waals surface area contributed by atoms with Crippen LogP contribution in [0.5, 0.6) is 0 Å². The number of nitrogens with one attached hydrogen (secondary N) is 1. The molecule has 7 N–H and O–H groups in total. The number of aliphatic hydroxyl groups is 4. The number of nitrogens with two attached hydrogens (primary N) is 1. The maximum Gasteiger partial charge on any atom is 0.225 e. The number of primary amides is 1. The van der Waals surface area contributed by atoms with E-state index in [1.54, 1.807) is 0 Å². The summed E-state index contributed by atoms with van der Waals surface area (Å²) in [4.78, 5) is 37.0. The van der Waals surface area contributed by atoms with Gasteiger partial charge in [0.1, 0.15) is 5.78 Å². The van der Waals surface area contributed by atoms with Crippen molar-refractivity contribution in [3.8, 4) is 0 Å². The lowest BCUT2D eigenvalue weighted by atomic mass is 9.48. The predicted octanol–water partition coefficient (Wildman–Crippen LogP) is 2.69. The number of carbonyl (C=O) groups is 3. The van der Waals surface area contributed by atoms with Gasteiger partial charge >= 0.3 is 0 Å². The van der Waals surface area contributed by atoms with Crippen LogP contribution in [-0.4, -0.2) is 94.4 Å². The van der Waals surface area contributed by atoms with Crippen molar-refractivity contribution >= 4 is 17.6 Å². The van der Waals surface area contributed by atoms with Gasteiger partial charge in [-0.1, -0.05) is 25.5 Å². The number of rotatable bonds is 14. The third-order valence-electron chi connectivity index (χ3n) is 13.4. The van der Waals surface area contributed by atoms with Crippen LogP contribution in [0.2, 0.25) is 0 Å². The zero-order chi connectivity index (χ0) is 34.8. The highest BCUT2D eigenvalue weighted by Crippen LogP contribution is 2.65. The number of methoxy groups -OCH3 is 1. The summed E-state index contributed by atoms with van der Waals surface area (Å²) in [6, 6.07) is -0.662. The van der Waals surface area contributed by atoms with Gasteiger partial charge in [-0.25, -0.2) is 0 Å². The molecule has 4 fully saturated rings. The van der Waals surface area contributed by atoms with Crippen LogP contribution in [0, 0.1) is 34.5 Å². The van der Waals surface area contributed by atoms with Gasteiger partial charge in [0.15, 0.2) is 0 Å². The molecule has 0 aromatic carbocycles. The molecule has 0 aliphatic heterocycles. The fourth-order valence-corrected chi connectivity index (χ4v) is 10.5. The monoisotopic (exact) mass is 676 g/mol. The second-order valence-electron chi connectivity index (χ2n) is 16.1. The number of hydrogen-bond donors (Lipinski definition) is 6. The van der Waals surface area contributed by atoms with Crippen molar-refractivity contribution in [2.75, 3.05) is 13.7 Å². The van der Waals surface area contributed by atoms with Crippen molar-refractivity contribution in [2.24, 2.45) is 40.2 Å². The normalized spacial score (nSPS) is 40.5. The van der Waals surface area contributed by atoms with Gasteiger partial charge in [0.05, 0.1) is 55.2 Å². The van der Waals surface area contributed by atoms with Crippen molar-refractivity contribution in [1.29, 1.82) is 0 Å². The highest BCUT2D eigenvalue weighted by Gasteiger charge is 2.59.